The van der Waals surface area contributed by atoms with E-state index in [4.69, 9.17) is 4.74 Å². The van der Waals surface area contributed by atoms with E-state index in [9.17, 15) is 4.79 Å². The van der Waals surface area contributed by atoms with Crippen LogP contribution in [0.5, 0.6) is 0 Å². The van der Waals surface area contributed by atoms with Crippen LogP contribution < -0.4 is 5.32 Å². The number of carbonyl (C=O) groups excluding carboxylic acids is 1. The molecule has 2 unspecified atom stereocenters. The Labute approximate surface area is 133 Å². The first-order chi connectivity index (χ1) is 9.68. The lowest BCUT2D eigenvalue weighted by Crippen LogP contribution is -2.57. The molecule has 0 aliphatic carbocycles. The van der Waals surface area contributed by atoms with Crippen molar-refractivity contribution in [3.05, 3.63) is 35.9 Å². The molecule has 1 N–H and O–H groups in total. The summed E-state index contributed by atoms with van der Waals surface area (Å²) in [6, 6.07) is 10.6. The third kappa shape index (κ3) is 5.30. The quantitative estimate of drug-likeness (QED) is 0.848. The van der Waals surface area contributed by atoms with Gasteiger partial charge in [-0.25, -0.2) is 0 Å². The van der Waals surface area contributed by atoms with Gasteiger partial charge in [0.1, 0.15) is 0 Å². The van der Waals surface area contributed by atoms with Crippen molar-refractivity contribution in [2.45, 2.75) is 39.0 Å². The minimum absolute atomic E-state index is 0. The highest BCUT2D eigenvalue weighted by molar-refractivity contribution is 5.85. The number of carbonyl (C=O) groups is 1. The second-order valence-electron chi connectivity index (χ2n) is 5.36. The summed E-state index contributed by atoms with van der Waals surface area (Å²) in [7, 11) is 0. The minimum Gasteiger partial charge on any atom is -0.376 e. The van der Waals surface area contributed by atoms with E-state index in [0.29, 0.717) is 25.7 Å². The molecule has 5 heteroatoms. The first kappa shape index (κ1) is 18.0. The number of benzene rings is 1. The monoisotopic (exact) mass is 312 g/mol. The molecule has 0 saturated carbocycles. The van der Waals surface area contributed by atoms with E-state index >= 15 is 0 Å². The molecular formula is C16H25ClN2O2. The fraction of sp³-hybridized carbons (Fsp3) is 0.562. The number of amides is 1. The summed E-state index contributed by atoms with van der Waals surface area (Å²) in [5.41, 5.74) is 1.14. The summed E-state index contributed by atoms with van der Waals surface area (Å²) in [6.07, 6.45) is 0.462. The molecule has 4 nitrogen and oxygen atoms in total. The van der Waals surface area contributed by atoms with Gasteiger partial charge in [0.25, 0.3) is 0 Å². The van der Waals surface area contributed by atoms with Crippen LogP contribution in [0.4, 0.5) is 0 Å². The number of halogens is 1. The van der Waals surface area contributed by atoms with Crippen LogP contribution >= 0.6 is 12.4 Å². The van der Waals surface area contributed by atoms with E-state index in [0.717, 1.165) is 18.7 Å². The lowest BCUT2D eigenvalue weighted by Gasteiger charge is -2.38. The van der Waals surface area contributed by atoms with E-state index in [1.165, 1.54) is 0 Å². The largest absolute Gasteiger partial charge is 0.376 e. The molecule has 2 rings (SSSR count). The molecule has 1 aliphatic rings. The van der Waals surface area contributed by atoms with E-state index in [1.54, 1.807) is 0 Å². The molecule has 1 fully saturated rings. The first-order valence-corrected chi connectivity index (χ1v) is 7.33. The summed E-state index contributed by atoms with van der Waals surface area (Å²) < 4.78 is 5.58. The standard InChI is InChI=1S/C16H24N2O2.ClH/c1-13-14(2)18(10-9-17-13)16(19)8-11-20-12-15-6-4-3-5-7-15;/h3-7,13-14,17H,8-12H2,1-2H3;1H. The molecule has 0 aromatic heterocycles. The fourth-order valence-electron chi connectivity index (χ4n) is 2.48. The molecule has 21 heavy (non-hydrogen) atoms. The maximum atomic E-state index is 12.2. The summed E-state index contributed by atoms with van der Waals surface area (Å²) in [5.74, 6) is 0.193. The SMILES string of the molecule is CC1NCCN(C(=O)CCOCc2ccccc2)C1C.Cl. The van der Waals surface area contributed by atoms with Gasteiger partial charge in [-0.05, 0) is 19.4 Å². The Balaban J connectivity index is 0.00000220. The van der Waals surface area contributed by atoms with E-state index in [1.807, 2.05) is 35.2 Å². The zero-order chi connectivity index (χ0) is 14.4. The molecule has 1 saturated heterocycles. The van der Waals surface area contributed by atoms with Crippen LogP contribution in [-0.2, 0) is 16.1 Å². The van der Waals surface area contributed by atoms with Crippen LogP contribution in [-0.4, -0.2) is 42.6 Å². The van der Waals surface area contributed by atoms with Crippen LogP contribution in [0.2, 0.25) is 0 Å². The zero-order valence-electron chi connectivity index (χ0n) is 12.7. The molecule has 1 amide bonds. The van der Waals surface area contributed by atoms with Gasteiger partial charge in [-0.2, -0.15) is 0 Å². The summed E-state index contributed by atoms with van der Waals surface area (Å²) >= 11 is 0. The van der Waals surface area contributed by atoms with Crippen LogP contribution in [0, 0.1) is 0 Å². The Morgan fingerprint density at radius 3 is 2.76 bits per heavy atom. The van der Waals surface area contributed by atoms with Crippen LogP contribution in [0.15, 0.2) is 30.3 Å². The third-order valence-corrected chi connectivity index (χ3v) is 3.93. The van der Waals surface area contributed by atoms with Crippen molar-refractivity contribution >= 4 is 18.3 Å². The van der Waals surface area contributed by atoms with Gasteiger partial charge < -0.3 is 15.0 Å². The highest BCUT2D eigenvalue weighted by atomic mass is 35.5. The van der Waals surface area contributed by atoms with Crippen molar-refractivity contribution in [2.24, 2.45) is 0 Å². The summed E-state index contributed by atoms with van der Waals surface area (Å²) in [5, 5.41) is 3.38. The minimum atomic E-state index is 0. The van der Waals surface area contributed by atoms with Gasteiger partial charge in [0, 0.05) is 25.2 Å². The molecule has 1 aromatic carbocycles. The number of ether oxygens (including phenoxy) is 1. The van der Waals surface area contributed by atoms with E-state index in [2.05, 4.69) is 19.2 Å². The summed E-state index contributed by atoms with van der Waals surface area (Å²) in [4.78, 5) is 14.1. The average molecular weight is 313 g/mol. The number of nitrogens with zero attached hydrogens (tertiary/aromatic N) is 1. The van der Waals surface area contributed by atoms with Gasteiger partial charge in [0.2, 0.25) is 5.91 Å². The average Bonchev–Trinajstić information content (AvgIpc) is 2.47. The maximum absolute atomic E-state index is 12.2. The van der Waals surface area contributed by atoms with Gasteiger partial charge in [0.05, 0.1) is 19.6 Å². The Morgan fingerprint density at radius 2 is 2.05 bits per heavy atom. The van der Waals surface area contributed by atoms with Gasteiger partial charge >= 0.3 is 0 Å². The topological polar surface area (TPSA) is 41.6 Å². The van der Waals surface area contributed by atoms with Gasteiger partial charge in [0.15, 0.2) is 0 Å². The molecule has 1 aliphatic heterocycles. The van der Waals surface area contributed by atoms with E-state index < -0.39 is 0 Å². The zero-order valence-corrected chi connectivity index (χ0v) is 13.6. The lowest BCUT2D eigenvalue weighted by molar-refractivity contribution is -0.136. The fourth-order valence-corrected chi connectivity index (χ4v) is 2.48. The molecule has 0 spiro atoms. The molecular weight excluding hydrogens is 288 g/mol. The van der Waals surface area contributed by atoms with E-state index in [-0.39, 0.29) is 24.4 Å². The Bertz CT molecular complexity index is 428. The molecule has 2 atom stereocenters. The highest BCUT2D eigenvalue weighted by Gasteiger charge is 2.27. The van der Waals surface area contributed by atoms with Gasteiger partial charge in [-0.15, -0.1) is 12.4 Å². The van der Waals surface area contributed by atoms with Crippen molar-refractivity contribution in [3.8, 4) is 0 Å². The molecule has 0 bridgehead atoms. The molecule has 1 heterocycles. The predicted octanol–water partition coefficient (Wildman–Crippen LogP) is 2.22. The Hall–Kier alpha value is -1.10. The van der Waals surface area contributed by atoms with Crippen molar-refractivity contribution < 1.29 is 9.53 Å². The smallest absolute Gasteiger partial charge is 0.225 e. The normalized spacial score (nSPS) is 21.7. The molecule has 0 radical (unpaired) electrons. The van der Waals surface area contributed by atoms with Crippen molar-refractivity contribution in [1.29, 1.82) is 0 Å². The lowest BCUT2D eigenvalue weighted by atomic mass is 10.1. The number of hydrogen-bond donors (Lipinski definition) is 1. The van der Waals surface area contributed by atoms with Crippen LogP contribution in [0.25, 0.3) is 0 Å². The number of piperazine rings is 1. The third-order valence-electron chi connectivity index (χ3n) is 3.93. The van der Waals surface area contributed by atoms with Crippen molar-refractivity contribution in [1.82, 2.24) is 10.2 Å². The Kier molecular flexibility index (Phi) is 7.72. The number of rotatable bonds is 5. The predicted molar refractivity (Wildman–Crippen MR) is 86.6 cm³/mol. The second-order valence-corrected chi connectivity index (χ2v) is 5.36. The number of nitrogens with one attached hydrogen (secondary N) is 1. The Morgan fingerprint density at radius 1 is 1.33 bits per heavy atom. The second kappa shape index (κ2) is 9.03. The molecule has 1 aromatic rings. The molecule has 118 valence electrons. The number of hydrogen-bond acceptors (Lipinski definition) is 3. The summed E-state index contributed by atoms with van der Waals surface area (Å²) in [6.45, 7) is 6.95. The highest BCUT2D eigenvalue weighted by Crippen LogP contribution is 2.10. The maximum Gasteiger partial charge on any atom is 0.225 e. The van der Waals surface area contributed by atoms with Crippen molar-refractivity contribution in [3.63, 3.8) is 0 Å². The van der Waals surface area contributed by atoms with Gasteiger partial charge in [-0.1, -0.05) is 30.3 Å². The van der Waals surface area contributed by atoms with Gasteiger partial charge in [-0.3, -0.25) is 4.79 Å². The van der Waals surface area contributed by atoms with Crippen molar-refractivity contribution in [2.75, 3.05) is 19.7 Å². The first-order valence-electron chi connectivity index (χ1n) is 7.33. The van der Waals surface area contributed by atoms with Crippen LogP contribution in [0.3, 0.4) is 0 Å². The van der Waals surface area contributed by atoms with Crippen LogP contribution in [0.1, 0.15) is 25.8 Å².